The van der Waals surface area contributed by atoms with Crippen LogP contribution in [0.25, 0.3) is 0 Å². The molecule has 0 amide bonds. The molecular formula is C7H9F3N4O. The highest BCUT2D eigenvalue weighted by molar-refractivity contribution is 5.97. The molecule has 0 N–H and O–H groups in total. The van der Waals surface area contributed by atoms with Crippen molar-refractivity contribution in [1.82, 2.24) is 20.2 Å². The molecule has 15 heavy (non-hydrogen) atoms. The van der Waals surface area contributed by atoms with Crippen LogP contribution in [0.15, 0.2) is 0 Å². The second kappa shape index (κ2) is 3.28. The molecule has 0 aromatic carbocycles. The van der Waals surface area contributed by atoms with Crippen LogP contribution in [0.1, 0.15) is 24.5 Å². The van der Waals surface area contributed by atoms with Crippen LogP contribution in [-0.2, 0) is 7.05 Å². The molecule has 0 radical (unpaired) electrons. The third kappa shape index (κ3) is 1.97. The van der Waals surface area contributed by atoms with Crippen LogP contribution in [0.3, 0.4) is 0 Å². The van der Waals surface area contributed by atoms with Crippen LogP contribution >= 0.6 is 0 Å². The number of nitrogens with zero attached hydrogens (tertiary/aromatic N) is 4. The minimum Gasteiger partial charge on any atom is -0.290 e. The summed E-state index contributed by atoms with van der Waals surface area (Å²) >= 11 is 0. The van der Waals surface area contributed by atoms with E-state index < -0.39 is 23.2 Å². The maximum atomic E-state index is 12.5. The number of hydrogen-bond donors (Lipinski definition) is 0. The van der Waals surface area contributed by atoms with E-state index in [2.05, 4.69) is 15.4 Å². The Balaban J connectivity index is 3.05. The van der Waals surface area contributed by atoms with Crippen LogP contribution in [0.5, 0.6) is 0 Å². The number of alkyl halides is 3. The number of carbonyl (C=O) groups excluding carboxylic acids is 1. The third-order valence-electron chi connectivity index (χ3n) is 1.99. The second-order valence-electron chi connectivity index (χ2n) is 3.55. The van der Waals surface area contributed by atoms with E-state index in [-0.39, 0.29) is 0 Å². The predicted octanol–water partition coefficient (Wildman–Crippen LogP) is 0.981. The standard InChI is InChI=1S/C7H9F3N4O/c1-6(2,7(8,9)10)4(15)5-11-13-14(3)12-5/h1-3H3. The lowest BCUT2D eigenvalue weighted by atomic mass is 9.87. The Hall–Kier alpha value is -1.47. The van der Waals surface area contributed by atoms with Gasteiger partial charge in [0, 0.05) is 0 Å². The number of aromatic nitrogens is 4. The first-order valence-corrected chi connectivity index (χ1v) is 4.02. The van der Waals surface area contributed by atoms with Gasteiger partial charge in [0.2, 0.25) is 11.6 Å². The molecule has 0 aliphatic rings. The van der Waals surface area contributed by atoms with Crippen LogP contribution < -0.4 is 0 Å². The summed E-state index contributed by atoms with van der Waals surface area (Å²) in [6.45, 7) is 1.57. The van der Waals surface area contributed by atoms with Crippen molar-refractivity contribution in [2.24, 2.45) is 12.5 Å². The minimum absolute atomic E-state index is 0.528. The van der Waals surface area contributed by atoms with Gasteiger partial charge in [-0.2, -0.15) is 18.0 Å². The Morgan fingerprint density at radius 3 is 2.20 bits per heavy atom. The highest BCUT2D eigenvalue weighted by Gasteiger charge is 2.54. The molecule has 0 spiro atoms. The van der Waals surface area contributed by atoms with Crippen molar-refractivity contribution in [3.8, 4) is 0 Å². The third-order valence-corrected chi connectivity index (χ3v) is 1.99. The topological polar surface area (TPSA) is 60.7 Å². The summed E-state index contributed by atoms with van der Waals surface area (Å²) in [5, 5.41) is 9.98. The Kier molecular flexibility index (Phi) is 2.54. The van der Waals surface area contributed by atoms with Gasteiger partial charge < -0.3 is 0 Å². The zero-order valence-corrected chi connectivity index (χ0v) is 8.33. The SMILES string of the molecule is Cn1nnc(C(=O)C(C)(C)C(F)(F)F)n1. The normalized spacial score (nSPS) is 12.9. The van der Waals surface area contributed by atoms with Crippen molar-refractivity contribution in [2.75, 3.05) is 0 Å². The predicted molar refractivity (Wildman–Crippen MR) is 43.0 cm³/mol. The van der Waals surface area contributed by atoms with E-state index in [1.54, 1.807) is 0 Å². The van der Waals surface area contributed by atoms with E-state index in [0.29, 0.717) is 0 Å². The number of carbonyl (C=O) groups is 1. The number of ketones is 1. The maximum absolute atomic E-state index is 12.5. The van der Waals surface area contributed by atoms with Gasteiger partial charge in [0.25, 0.3) is 0 Å². The molecule has 0 fully saturated rings. The van der Waals surface area contributed by atoms with E-state index in [0.717, 1.165) is 18.6 Å². The summed E-state index contributed by atoms with van der Waals surface area (Å²) in [5.41, 5.74) is -2.50. The van der Waals surface area contributed by atoms with Crippen LogP contribution in [0, 0.1) is 5.41 Å². The van der Waals surface area contributed by atoms with Gasteiger partial charge in [-0.25, -0.2) is 0 Å². The lowest BCUT2D eigenvalue weighted by Gasteiger charge is -2.24. The zero-order valence-electron chi connectivity index (χ0n) is 8.33. The molecule has 0 unspecified atom stereocenters. The molecule has 1 rings (SSSR count). The number of hydrogen-bond acceptors (Lipinski definition) is 4. The van der Waals surface area contributed by atoms with Crippen molar-refractivity contribution in [3.05, 3.63) is 5.82 Å². The Labute approximate surface area is 83.3 Å². The molecule has 0 aliphatic heterocycles. The van der Waals surface area contributed by atoms with E-state index in [9.17, 15) is 18.0 Å². The average Bonchev–Trinajstić information content (AvgIpc) is 2.48. The van der Waals surface area contributed by atoms with Gasteiger partial charge in [-0.05, 0) is 19.1 Å². The van der Waals surface area contributed by atoms with E-state index >= 15 is 0 Å². The fourth-order valence-corrected chi connectivity index (χ4v) is 0.783. The smallest absolute Gasteiger partial charge is 0.290 e. The van der Waals surface area contributed by atoms with Gasteiger partial charge in [0.1, 0.15) is 5.41 Å². The lowest BCUT2D eigenvalue weighted by Crippen LogP contribution is -2.40. The first kappa shape index (κ1) is 11.6. The van der Waals surface area contributed by atoms with Crippen LogP contribution in [0.2, 0.25) is 0 Å². The molecular weight excluding hydrogens is 213 g/mol. The number of rotatable bonds is 2. The van der Waals surface area contributed by atoms with Gasteiger partial charge in [-0.3, -0.25) is 4.79 Å². The Bertz CT molecular complexity index is 382. The minimum atomic E-state index is -4.64. The lowest BCUT2D eigenvalue weighted by molar-refractivity contribution is -0.192. The Morgan fingerprint density at radius 1 is 1.33 bits per heavy atom. The highest BCUT2D eigenvalue weighted by Crippen LogP contribution is 2.39. The highest BCUT2D eigenvalue weighted by atomic mass is 19.4. The fourth-order valence-electron chi connectivity index (χ4n) is 0.783. The summed E-state index contributed by atoms with van der Waals surface area (Å²) in [7, 11) is 1.37. The summed E-state index contributed by atoms with van der Waals surface area (Å²) in [6.07, 6.45) is -4.64. The van der Waals surface area contributed by atoms with Gasteiger partial charge in [-0.15, -0.1) is 10.2 Å². The summed E-state index contributed by atoms with van der Waals surface area (Å²) in [6, 6.07) is 0. The number of halogens is 3. The second-order valence-corrected chi connectivity index (χ2v) is 3.55. The summed E-state index contributed by atoms with van der Waals surface area (Å²) in [4.78, 5) is 12.4. The number of aryl methyl sites for hydroxylation is 1. The number of tetrazole rings is 1. The molecule has 0 saturated carbocycles. The first-order chi connectivity index (χ1) is 6.66. The summed E-state index contributed by atoms with van der Waals surface area (Å²) in [5.74, 6) is -1.72. The van der Waals surface area contributed by atoms with Crippen molar-refractivity contribution in [2.45, 2.75) is 20.0 Å². The molecule has 5 nitrogen and oxygen atoms in total. The van der Waals surface area contributed by atoms with E-state index in [1.165, 1.54) is 7.05 Å². The van der Waals surface area contributed by atoms with Crippen molar-refractivity contribution >= 4 is 5.78 Å². The average molecular weight is 222 g/mol. The molecule has 0 atom stereocenters. The zero-order chi connectivity index (χ0) is 11.9. The van der Waals surface area contributed by atoms with Gasteiger partial charge in [-0.1, -0.05) is 0 Å². The quantitative estimate of drug-likeness (QED) is 0.700. The fraction of sp³-hybridized carbons (Fsp3) is 0.714. The molecule has 8 heteroatoms. The molecule has 0 bridgehead atoms. The van der Waals surface area contributed by atoms with E-state index in [1.807, 2.05) is 0 Å². The molecule has 0 aliphatic carbocycles. The van der Waals surface area contributed by atoms with Crippen LogP contribution in [0.4, 0.5) is 13.2 Å². The van der Waals surface area contributed by atoms with Gasteiger partial charge >= 0.3 is 6.18 Å². The van der Waals surface area contributed by atoms with Gasteiger partial charge in [0.05, 0.1) is 7.05 Å². The molecule has 1 heterocycles. The van der Waals surface area contributed by atoms with Crippen molar-refractivity contribution in [3.63, 3.8) is 0 Å². The molecule has 1 aromatic heterocycles. The molecule has 1 aromatic rings. The molecule has 0 saturated heterocycles. The first-order valence-electron chi connectivity index (χ1n) is 4.02. The summed E-state index contributed by atoms with van der Waals surface area (Å²) < 4.78 is 37.4. The largest absolute Gasteiger partial charge is 0.401 e. The maximum Gasteiger partial charge on any atom is 0.401 e. The molecule has 84 valence electrons. The monoisotopic (exact) mass is 222 g/mol. The number of Topliss-reactive ketones (excluding diaryl/α,β-unsaturated/α-hetero) is 1. The Morgan fingerprint density at radius 2 is 1.87 bits per heavy atom. The van der Waals surface area contributed by atoms with Crippen molar-refractivity contribution in [1.29, 1.82) is 0 Å². The van der Waals surface area contributed by atoms with Crippen molar-refractivity contribution < 1.29 is 18.0 Å². The van der Waals surface area contributed by atoms with Crippen LogP contribution in [-0.4, -0.2) is 32.2 Å². The van der Waals surface area contributed by atoms with Gasteiger partial charge in [0.15, 0.2) is 0 Å². The van der Waals surface area contributed by atoms with E-state index in [4.69, 9.17) is 0 Å².